The Morgan fingerprint density at radius 2 is 1.82 bits per heavy atom. The van der Waals surface area contributed by atoms with Gasteiger partial charge in [0, 0.05) is 13.2 Å². The van der Waals surface area contributed by atoms with Crippen molar-refractivity contribution in [1.29, 1.82) is 0 Å². The summed E-state index contributed by atoms with van der Waals surface area (Å²) in [5.41, 5.74) is 4.96. The fourth-order valence-electron chi connectivity index (χ4n) is 1.41. The molecule has 0 aromatic carbocycles. The van der Waals surface area contributed by atoms with E-state index in [9.17, 15) is 4.79 Å². The van der Waals surface area contributed by atoms with Crippen LogP contribution in [-0.4, -0.2) is 29.8 Å². The molecule has 102 valence electrons. The number of aliphatic carboxylic acids is 1. The summed E-state index contributed by atoms with van der Waals surface area (Å²) >= 11 is 0. The molecule has 0 amide bonds. The predicted molar refractivity (Wildman–Crippen MR) is 69.0 cm³/mol. The highest BCUT2D eigenvalue weighted by Crippen LogP contribution is 2.18. The van der Waals surface area contributed by atoms with Crippen molar-refractivity contribution in [3.8, 4) is 0 Å². The molecular weight excluding hydrogens is 218 g/mol. The zero-order valence-electron chi connectivity index (χ0n) is 11.6. The summed E-state index contributed by atoms with van der Waals surface area (Å²) in [6.45, 7) is 9.62. The van der Waals surface area contributed by atoms with Gasteiger partial charge in [0.25, 0.3) is 0 Å². The topological polar surface area (TPSA) is 72.5 Å². The van der Waals surface area contributed by atoms with Crippen LogP contribution in [0.2, 0.25) is 0 Å². The molecule has 1 unspecified atom stereocenters. The summed E-state index contributed by atoms with van der Waals surface area (Å²) in [6, 6.07) is 0. The molecule has 0 aliphatic heterocycles. The van der Waals surface area contributed by atoms with Gasteiger partial charge in [0.2, 0.25) is 0 Å². The first-order chi connectivity index (χ1) is 7.71. The molecule has 0 aliphatic rings. The number of hydrogen-bond acceptors (Lipinski definition) is 3. The monoisotopic (exact) mass is 245 g/mol. The van der Waals surface area contributed by atoms with Gasteiger partial charge >= 0.3 is 5.97 Å². The zero-order chi connectivity index (χ0) is 13.5. The number of carboxylic acid groups (broad SMARTS) is 1. The maximum absolute atomic E-state index is 10.9. The minimum atomic E-state index is -1.09. The van der Waals surface area contributed by atoms with Crippen LogP contribution in [0.1, 0.15) is 53.4 Å². The Bertz CT molecular complexity index is 235. The highest BCUT2D eigenvalue weighted by molar-refractivity contribution is 5.78. The van der Waals surface area contributed by atoms with Crippen LogP contribution in [0.5, 0.6) is 0 Å². The molecule has 0 heterocycles. The summed E-state index contributed by atoms with van der Waals surface area (Å²) in [6.07, 6.45) is 2.62. The summed E-state index contributed by atoms with van der Waals surface area (Å²) in [7, 11) is 0. The molecule has 0 saturated heterocycles. The van der Waals surface area contributed by atoms with Gasteiger partial charge in [-0.1, -0.05) is 27.7 Å². The summed E-state index contributed by atoms with van der Waals surface area (Å²) in [5.74, 6) is -0.922. The number of carbonyl (C=O) groups is 1. The zero-order valence-corrected chi connectivity index (χ0v) is 11.6. The molecule has 17 heavy (non-hydrogen) atoms. The second-order valence-electron chi connectivity index (χ2n) is 5.84. The number of rotatable bonds is 8. The third-order valence-electron chi connectivity index (χ3n) is 2.96. The first kappa shape index (κ1) is 16.4. The van der Waals surface area contributed by atoms with Crippen LogP contribution < -0.4 is 5.73 Å². The molecule has 0 aromatic heterocycles. The number of nitrogens with two attached hydrogens (primary N) is 1. The standard InChI is InChI=1S/C13H27NO3/c1-5-13(14,11(15)16)7-6-9-17-10-8-12(2,3)4/h5-10,14H2,1-4H3,(H,15,16). The maximum atomic E-state index is 10.9. The third kappa shape index (κ3) is 7.34. The van der Waals surface area contributed by atoms with E-state index < -0.39 is 11.5 Å². The molecule has 0 radical (unpaired) electrons. The highest BCUT2D eigenvalue weighted by Gasteiger charge is 2.30. The lowest BCUT2D eigenvalue weighted by Crippen LogP contribution is -2.47. The molecule has 0 rings (SSSR count). The molecule has 0 fully saturated rings. The van der Waals surface area contributed by atoms with Gasteiger partial charge in [0.1, 0.15) is 5.54 Å². The van der Waals surface area contributed by atoms with E-state index >= 15 is 0 Å². The smallest absolute Gasteiger partial charge is 0.323 e. The molecular formula is C13H27NO3. The van der Waals surface area contributed by atoms with Crippen LogP contribution in [0.3, 0.4) is 0 Å². The van der Waals surface area contributed by atoms with E-state index in [1.165, 1.54) is 0 Å². The Hall–Kier alpha value is -0.610. The fourth-order valence-corrected chi connectivity index (χ4v) is 1.41. The SMILES string of the molecule is CCC(N)(CCCOCCC(C)(C)C)C(=O)O. The number of hydrogen-bond donors (Lipinski definition) is 2. The number of carboxylic acids is 1. The largest absolute Gasteiger partial charge is 0.480 e. The fraction of sp³-hybridized carbons (Fsp3) is 0.923. The molecule has 0 bridgehead atoms. The molecule has 0 aliphatic carbocycles. The third-order valence-corrected chi connectivity index (χ3v) is 2.96. The molecule has 4 nitrogen and oxygen atoms in total. The second-order valence-corrected chi connectivity index (χ2v) is 5.84. The minimum Gasteiger partial charge on any atom is -0.480 e. The molecule has 4 heteroatoms. The highest BCUT2D eigenvalue weighted by atomic mass is 16.5. The second kappa shape index (κ2) is 6.97. The van der Waals surface area contributed by atoms with Gasteiger partial charge < -0.3 is 15.6 Å². The average Bonchev–Trinajstić information content (AvgIpc) is 2.21. The van der Waals surface area contributed by atoms with Gasteiger partial charge in [0.05, 0.1) is 0 Å². The van der Waals surface area contributed by atoms with Crippen molar-refractivity contribution >= 4 is 5.97 Å². The van der Waals surface area contributed by atoms with Crippen molar-refractivity contribution in [1.82, 2.24) is 0 Å². The van der Waals surface area contributed by atoms with Crippen LogP contribution in [0.15, 0.2) is 0 Å². The number of ether oxygens (including phenoxy) is 1. The Labute approximate surface area is 105 Å². The van der Waals surface area contributed by atoms with E-state index in [1.807, 2.05) is 0 Å². The van der Waals surface area contributed by atoms with Crippen molar-refractivity contribution in [2.75, 3.05) is 13.2 Å². The van der Waals surface area contributed by atoms with E-state index in [2.05, 4.69) is 20.8 Å². The molecule has 3 N–H and O–H groups in total. The van der Waals surface area contributed by atoms with Gasteiger partial charge in [0.15, 0.2) is 0 Å². The normalized spacial score (nSPS) is 15.6. The molecule has 0 aromatic rings. The Kier molecular flexibility index (Phi) is 6.72. The van der Waals surface area contributed by atoms with Gasteiger partial charge in [-0.15, -0.1) is 0 Å². The van der Waals surface area contributed by atoms with Crippen LogP contribution in [0.25, 0.3) is 0 Å². The first-order valence-corrected chi connectivity index (χ1v) is 6.31. The van der Waals surface area contributed by atoms with Gasteiger partial charge in [-0.3, -0.25) is 4.79 Å². The average molecular weight is 245 g/mol. The Morgan fingerprint density at radius 1 is 1.24 bits per heavy atom. The minimum absolute atomic E-state index is 0.280. The Morgan fingerprint density at radius 3 is 2.24 bits per heavy atom. The van der Waals surface area contributed by atoms with Crippen molar-refractivity contribution in [3.63, 3.8) is 0 Å². The van der Waals surface area contributed by atoms with Gasteiger partial charge in [-0.2, -0.15) is 0 Å². The lowest BCUT2D eigenvalue weighted by Gasteiger charge is -2.23. The van der Waals surface area contributed by atoms with Crippen LogP contribution >= 0.6 is 0 Å². The van der Waals surface area contributed by atoms with E-state index in [-0.39, 0.29) is 5.41 Å². The van der Waals surface area contributed by atoms with Crippen LogP contribution in [-0.2, 0) is 9.53 Å². The first-order valence-electron chi connectivity index (χ1n) is 6.31. The molecule has 1 atom stereocenters. The summed E-state index contributed by atoms with van der Waals surface area (Å²) in [5, 5.41) is 8.98. The van der Waals surface area contributed by atoms with Crippen molar-refractivity contribution < 1.29 is 14.6 Å². The van der Waals surface area contributed by atoms with E-state index in [0.29, 0.717) is 25.9 Å². The van der Waals surface area contributed by atoms with E-state index in [0.717, 1.165) is 13.0 Å². The van der Waals surface area contributed by atoms with Crippen molar-refractivity contribution in [2.24, 2.45) is 11.1 Å². The summed E-state index contributed by atoms with van der Waals surface area (Å²) < 4.78 is 5.48. The molecule has 0 saturated carbocycles. The predicted octanol–water partition coefficient (Wildman–Crippen LogP) is 2.41. The van der Waals surface area contributed by atoms with E-state index in [4.69, 9.17) is 15.6 Å². The summed E-state index contributed by atoms with van der Waals surface area (Å²) in [4.78, 5) is 10.9. The Balaban J connectivity index is 3.67. The van der Waals surface area contributed by atoms with E-state index in [1.54, 1.807) is 6.92 Å². The van der Waals surface area contributed by atoms with Crippen LogP contribution in [0, 0.1) is 5.41 Å². The lowest BCUT2D eigenvalue weighted by molar-refractivity contribution is -0.143. The van der Waals surface area contributed by atoms with Crippen LogP contribution in [0.4, 0.5) is 0 Å². The maximum Gasteiger partial charge on any atom is 0.323 e. The van der Waals surface area contributed by atoms with Crippen molar-refractivity contribution in [2.45, 2.75) is 58.9 Å². The molecule has 0 spiro atoms. The quantitative estimate of drug-likeness (QED) is 0.644. The van der Waals surface area contributed by atoms with Crippen molar-refractivity contribution in [3.05, 3.63) is 0 Å². The van der Waals surface area contributed by atoms with Gasteiger partial charge in [-0.25, -0.2) is 0 Å². The van der Waals surface area contributed by atoms with Gasteiger partial charge in [-0.05, 0) is 31.1 Å². The lowest BCUT2D eigenvalue weighted by atomic mass is 9.92.